The summed E-state index contributed by atoms with van der Waals surface area (Å²) >= 11 is 0. The van der Waals surface area contributed by atoms with E-state index in [9.17, 15) is 0 Å². The molecule has 2 heterocycles. The maximum Gasteiger partial charge on any atom is 0.136 e. The average molecular weight is 637 g/mol. The molecule has 0 saturated carbocycles. The van der Waals surface area contributed by atoms with E-state index in [1.165, 1.54) is 54.6 Å². The molecule has 11 rings (SSSR count). The van der Waals surface area contributed by atoms with Crippen LogP contribution in [0.5, 0.6) is 0 Å². The largest absolute Gasteiger partial charge is 0.456 e. The second-order valence-electron chi connectivity index (χ2n) is 13.2. The Kier molecular flexibility index (Phi) is 5.70. The van der Waals surface area contributed by atoms with Crippen LogP contribution in [-0.2, 0) is 0 Å². The Morgan fingerprint density at radius 1 is 0.260 bits per heavy atom. The third-order valence-corrected chi connectivity index (χ3v) is 10.4. The number of hydrogen-bond donors (Lipinski definition) is 0. The van der Waals surface area contributed by atoms with Crippen molar-refractivity contribution in [3.8, 4) is 33.4 Å². The van der Waals surface area contributed by atoms with Gasteiger partial charge in [-0.2, -0.15) is 0 Å². The number of furan rings is 2. The standard InChI is InChI=1S/C48H28O2/c1-2-10-29(11-3-1)45-35-12-4-6-14-37(35)46(38-15-7-5-13-36(38)45)34-21-20-30-26-31(18-19-32(30)27-34)33-22-23-40-44(28-33)50-43-25-24-42-47(48(40)43)39-16-8-9-17-41(39)49-42/h1-28H. The average Bonchev–Trinajstić information content (AvgIpc) is 3.74. The fourth-order valence-corrected chi connectivity index (χ4v) is 8.20. The predicted octanol–water partition coefficient (Wildman–Crippen LogP) is 13.9. The molecule has 0 amide bonds. The molecular weight excluding hydrogens is 609 g/mol. The molecule has 2 heteroatoms. The third kappa shape index (κ3) is 3.96. The van der Waals surface area contributed by atoms with Gasteiger partial charge in [0.25, 0.3) is 0 Å². The zero-order valence-corrected chi connectivity index (χ0v) is 27.0. The molecule has 0 aliphatic heterocycles. The van der Waals surface area contributed by atoms with Gasteiger partial charge in [-0.05, 0) is 108 Å². The maximum atomic E-state index is 6.46. The quantitative estimate of drug-likeness (QED) is 0.180. The zero-order valence-electron chi connectivity index (χ0n) is 27.0. The van der Waals surface area contributed by atoms with Crippen LogP contribution in [0.3, 0.4) is 0 Å². The van der Waals surface area contributed by atoms with Crippen LogP contribution in [0.25, 0.3) is 110 Å². The van der Waals surface area contributed by atoms with E-state index < -0.39 is 0 Å². The van der Waals surface area contributed by atoms with E-state index in [0.717, 1.165) is 55.0 Å². The smallest absolute Gasteiger partial charge is 0.136 e. The summed E-state index contributed by atoms with van der Waals surface area (Å²) in [6.07, 6.45) is 0. The molecule has 0 fully saturated rings. The fourth-order valence-electron chi connectivity index (χ4n) is 8.20. The van der Waals surface area contributed by atoms with Crippen molar-refractivity contribution in [1.82, 2.24) is 0 Å². The first-order valence-electron chi connectivity index (χ1n) is 17.1. The Labute approximate surface area is 287 Å². The van der Waals surface area contributed by atoms with Gasteiger partial charge in [0.1, 0.15) is 22.3 Å². The monoisotopic (exact) mass is 636 g/mol. The zero-order chi connectivity index (χ0) is 32.8. The van der Waals surface area contributed by atoms with Gasteiger partial charge in [-0.1, -0.05) is 127 Å². The molecule has 2 nitrogen and oxygen atoms in total. The Hall–Kier alpha value is -6.64. The van der Waals surface area contributed by atoms with Gasteiger partial charge in [-0.3, -0.25) is 0 Å². The van der Waals surface area contributed by atoms with Crippen molar-refractivity contribution in [3.05, 3.63) is 170 Å². The second kappa shape index (κ2) is 10.4. The normalized spacial score (nSPS) is 12.0. The molecule has 0 aliphatic carbocycles. The van der Waals surface area contributed by atoms with Gasteiger partial charge < -0.3 is 8.83 Å². The first-order valence-corrected chi connectivity index (χ1v) is 17.1. The van der Waals surface area contributed by atoms with Crippen LogP contribution in [0.1, 0.15) is 0 Å². The summed E-state index contributed by atoms with van der Waals surface area (Å²) in [5.41, 5.74) is 10.8. The Morgan fingerprint density at radius 2 is 0.720 bits per heavy atom. The summed E-state index contributed by atoms with van der Waals surface area (Å²) in [5.74, 6) is 0. The molecule has 9 aromatic carbocycles. The van der Waals surface area contributed by atoms with Crippen LogP contribution in [0.4, 0.5) is 0 Å². The number of hydrogen-bond acceptors (Lipinski definition) is 2. The highest BCUT2D eigenvalue weighted by molar-refractivity contribution is 6.26. The minimum absolute atomic E-state index is 0.874. The topological polar surface area (TPSA) is 26.3 Å². The van der Waals surface area contributed by atoms with Crippen molar-refractivity contribution >= 4 is 76.2 Å². The number of para-hydroxylation sites is 1. The summed E-state index contributed by atoms with van der Waals surface area (Å²) in [4.78, 5) is 0. The Bertz CT molecular complexity index is 3080. The van der Waals surface area contributed by atoms with E-state index in [0.29, 0.717) is 0 Å². The highest BCUT2D eigenvalue weighted by Crippen LogP contribution is 2.45. The maximum absolute atomic E-state index is 6.46. The SMILES string of the molecule is c1ccc(-c2c3ccccc3c(-c3ccc4cc(-c5ccc6c(c5)oc5ccc7oc8ccccc8c7c56)ccc4c3)c3ccccc23)cc1. The minimum Gasteiger partial charge on any atom is -0.456 e. The highest BCUT2D eigenvalue weighted by atomic mass is 16.3. The summed E-state index contributed by atoms with van der Waals surface area (Å²) in [6.45, 7) is 0. The van der Waals surface area contributed by atoms with Crippen LogP contribution in [0, 0.1) is 0 Å². The molecule has 0 bridgehead atoms. The molecule has 0 saturated heterocycles. The van der Waals surface area contributed by atoms with Gasteiger partial charge in [-0.15, -0.1) is 0 Å². The number of fused-ring (bicyclic) bond motifs is 10. The van der Waals surface area contributed by atoms with Crippen molar-refractivity contribution in [1.29, 1.82) is 0 Å². The van der Waals surface area contributed by atoms with E-state index in [1.807, 2.05) is 24.3 Å². The summed E-state index contributed by atoms with van der Waals surface area (Å²) in [7, 11) is 0. The van der Waals surface area contributed by atoms with E-state index in [4.69, 9.17) is 8.83 Å². The van der Waals surface area contributed by atoms with Gasteiger partial charge in [0.15, 0.2) is 0 Å². The molecule has 50 heavy (non-hydrogen) atoms. The van der Waals surface area contributed by atoms with Gasteiger partial charge in [0.2, 0.25) is 0 Å². The van der Waals surface area contributed by atoms with Crippen molar-refractivity contribution in [3.63, 3.8) is 0 Å². The van der Waals surface area contributed by atoms with Crippen molar-refractivity contribution in [2.75, 3.05) is 0 Å². The second-order valence-corrected chi connectivity index (χ2v) is 13.2. The van der Waals surface area contributed by atoms with E-state index >= 15 is 0 Å². The Balaban J connectivity index is 1.04. The fraction of sp³-hybridized carbons (Fsp3) is 0. The molecule has 0 aliphatic rings. The van der Waals surface area contributed by atoms with Crippen molar-refractivity contribution < 1.29 is 8.83 Å². The lowest BCUT2D eigenvalue weighted by molar-refractivity contribution is 0.663. The Morgan fingerprint density at radius 3 is 1.38 bits per heavy atom. The number of rotatable bonds is 3. The summed E-state index contributed by atoms with van der Waals surface area (Å²) in [5, 5.41) is 11.9. The molecule has 0 spiro atoms. The van der Waals surface area contributed by atoms with Crippen molar-refractivity contribution in [2.45, 2.75) is 0 Å². The molecule has 2 aromatic heterocycles. The lowest BCUT2D eigenvalue weighted by atomic mass is 9.85. The first kappa shape index (κ1) is 27.3. The van der Waals surface area contributed by atoms with Gasteiger partial charge >= 0.3 is 0 Å². The molecule has 11 aromatic rings. The summed E-state index contributed by atoms with van der Waals surface area (Å²) < 4.78 is 12.6. The third-order valence-electron chi connectivity index (χ3n) is 10.4. The first-order chi connectivity index (χ1) is 24.8. The molecule has 0 atom stereocenters. The van der Waals surface area contributed by atoms with Crippen LogP contribution in [0.15, 0.2) is 179 Å². The molecule has 0 radical (unpaired) electrons. The van der Waals surface area contributed by atoms with Crippen LogP contribution >= 0.6 is 0 Å². The van der Waals surface area contributed by atoms with Crippen LogP contribution in [-0.4, -0.2) is 0 Å². The number of benzene rings is 9. The minimum atomic E-state index is 0.874. The van der Waals surface area contributed by atoms with Gasteiger partial charge in [0, 0.05) is 21.5 Å². The lowest BCUT2D eigenvalue weighted by Gasteiger charge is -2.18. The predicted molar refractivity (Wildman–Crippen MR) is 210 cm³/mol. The van der Waals surface area contributed by atoms with Gasteiger partial charge in [0.05, 0.1) is 0 Å². The molecule has 0 N–H and O–H groups in total. The van der Waals surface area contributed by atoms with E-state index in [-0.39, 0.29) is 0 Å². The molecule has 0 unspecified atom stereocenters. The van der Waals surface area contributed by atoms with Crippen LogP contribution < -0.4 is 0 Å². The van der Waals surface area contributed by atoms with E-state index in [2.05, 4.69) is 146 Å². The summed E-state index contributed by atoms with van der Waals surface area (Å²) in [6, 6.07) is 60.9. The highest BCUT2D eigenvalue weighted by Gasteiger charge is 2.18. The lowest BCUT2D eigenvalue weighted by Crippen LogP contribution is -1.90. The van der Waals surface area contributed by atoms with Gasteiger partial charge in [-0.25, -0.2) is 0 Å². The van der Waals surface area contributed by atoms with Crippen molar-refractivity contribution in [2.24, 2.45) is 0 Å². The molecular formula is C48H28O2. The van der Waals surface area contributed by atoms with Crippen LogP contribution in [0.2, 0.25) is 0 Å². The van der Waals surface area contributed by atoms with E-state index in [1.54, 1.807) is 0 Å². The molecule has 232 valence electrons.